The molecule has 2 heterocycles. The van der Waals surface area contributed by atoms with Gasteiger partial charge in [0.1, 0.15) is 11.5 Å². The van der Waals surface area contributed by atoms with Crippen molar-refractivity contribution in [3.05, 3.63) is 64.4 Å². The normalized spacial score (nSPS) is 15.4. The average Bonchev–Trinajstić information content (AvgIpc) is 3.33. The molecule has 0 bridgehead atoms. The van der Waals surface area contributed by atoms with Crippen LogP contribution in [0.25, 0.3) is 10.9 Å². The summed E-state index contributed by atoms with van der Waals surface area (Å²) in [6.07, 6.45) is 2.10. The molecule has 1 saturated heterocycles. The van der Waals surface area contributed by atoms with Crippen LogP contribution in [0.1, 0.15) is 25.3 Å². The number of pyridine rings is 1. The molecule has 1 atom stereocenters. The Morgan fingerprint density at radius 3 is 2.70 bits per heavy atom. The molecular weight excluding hydrogens is 438 g/mol. The topological polar surface area (TPSA) is 75.8 Å². The molecular formula is C25H29N3O4S. The van der Waals surface area contributed by atoms with E-state index in [1.54, 1.807) is 7.11 Å². The maximum atomic E-state index is 12.8. The van der Waals surface area contributed by atoms with Gasteiger partial charge in [0.2, 0.25) is 0 Å². The van der Waals surface area contributed by atoms with Crippen LogP contribution in [0, 0.1) is 0 Å². The summed E-state index contributed by atoms with van der Waals surface area (Å²) < 4.78 is 16.7. The van der Waals surface area contributed by atoms with Crippen LogP contribution in [0.15, 0.2) is 53.3 Å². The summed E-state index contributed by atoms with van der Waals surface area (Å²) in [6.45, 7) is 4.30. The smallest absolute Gasteiger partial charge is 0.253 e. The molecule has 0 aliphatic carbocycles. The van der Waals surface area contributed by atoms with Gasteiger partial charge in [-0.2, -0.15) is 0 Å². The third-order valence-electron chi connectivity index (χ3n) is 5.64. The Morgan fingerprint density at radius 1 is 1.21 bits per heavy atom. The summed E-state index contributed by atoms with van der Waals surface area (Å²) in [5.41, 5.74) is 2.13. The minimum Gasteiger partial charge on any atom is -0.497 e. The second kappa shape index (κ2) is 10.7. The van der Waals surface area contributed by atoms with Crippen LogP contribution in [0.2, 0.25) is 0 Å². The van der Waals surface area contributed by atoms with Gasteiger partial charge in [-0.05, 0) is 80.5 Å². The van der Waals surface area contributed by atoms with Gasteiger partial charge in [-0.15, -0.1) is 0 Å². The second-order valence-electron chi connectivity index (χ2n) is 7.98. The lowest BCUT2D eigenvalue weighted by atomic mass is 10.1. The van der Waals surface area contributed by atoms with Crippen LogP contribution in [0.3, 0.4) is 0 Å². The van der Waals surface area contributed by atoms with Crippen molar-refractivity contribution in [2.24, 2.45) is 0 Å². The molecule has 2 N–H and O–H groups in total. The molecule has 8 heteroatoms. The summed E-state index contributed by atoms with van der Waals surface area (Å²) in [5.74, 6) is 1.55. The number of benzene rings is 2. The Kier molecular flexibility index (Phi) is 7.47. The third kappa shape index (κ3) is 5.83. The van der Waals surface area contributed by atoms with Gasteiger partial charge in [-0.3, -0.25) is 4.79 Å². The highest BCUT2D eigenvalue weighted by molar-refractivity contribution is 7.80. The zero-order chi connectivity index (χ0) is 23.2. The number of anilines is 1. The number of ether oxygens (including phenoxy) is 3. The lowest BCUT2D eigenvalue weighted by molar-refractivity contribution is 0.0904. The molecule has 1 fully saturated rings. The molecule has 1 unspecified atom stereocenters. The monoisotopic (exact) mass is 467 g/mol. The van der Waals surface area contributed by atoms with E-state index in [-0.39, 0.29) is 11.7 Å². The standard InChI is InChI=1S/C25H29N3O4S/c1-3-31-20-8-6-19(7-9-20)26-25(33)28(16-22-5-4-12-32-22)15-18-13-17-14-21(30-2)10-11-23(17)27-24(18)29/h6-11,13-14,22H,3-5,12,15-16H2,1-2H3,(H,26,33)(H,27,29). The molecule has 0 saturated carbocycles. The fourth-order valence-corrected chi connectivity index (χ4v) is 4.19. The number of hydrogen-bond acceptors (Lipinski definition) is 5. The number of aromatic amines is 1. The second-order valence-corrected chi connectivity index (χ2v) is 8.37. The number of thiocarbonyl (C=S) groups is 1. The fraction of sp³-hybridized carbons (Fsp3) is 0.360. The number of nitrogens with one attached hydrogen (secondary N) is 2. The van der Waals surface area contributed by atoms with Crippen molar-refractivity contribution in [2.45, 2.75) is 32.4 Å². The highest BCUT2D eigenvalue weighted by atomic mass is 32.1. The van der Waals surface area contributed by atoms with Gasteiger partial charge in [-0.1, -0.05) is 0 Å². The highest BCUT2D eigenvalue weighted by Gasteiger charge is 2.22. The minimum absolute atomic E-state index is 0.0877. The van der Waals surface area contributed by atoms with E-state index in [1.807, 2.05) is 60.4 Å². The quantitative estimate of drug-likeness (QED) is 0.478. The van der Waals surface area contributed by atoms with Gasteiger partial charge < -0.3 is 29.4 Å². The van der Waals surface area contributed by atoms with Crippen LogP contribution >= 0.6 is 12.2 Å². The molecule has 0 amide bonds. The maximum absolute atomic E-state index is 12.8. The number of nitrogens with zero attached hydrogens (tertiary/aromatic N) is 1. The van der Waals surface area contributed by atoms with E-state index in [1.165, 1.54) is 0 Å². The summed E-state index contributed by atoms with van der Waals surface area (Å²) in [6, 6.07) is 15.2. The lowest BCUT2D eigenvalue weighted by Gasteiger charge is -2.28. The molecule has 1 aliphatic heterocycles. The summed E-state index contributed by atoms with van der Waals surface area (Å²) in [7, 11) is 1.63. The Labute approximate surface area is 198 Å². The van der Waals surface area contributed by atoms with E-state index >= 15 is 0 Å². The van der Waals surface area contributed by atoms with E-state index in [4.69, 9.17) is 26.4 Å². The van der Waals surface area contributed by atoms with Crippen LogP contribution < -0.4 is 20.3 Å². The zero-order valence-corrected chi connectivity index (χ0v) is 19.7. The number of H-pyrrole nitrogens is 1. The van der Waals surface area contributed by atoms with Gasteiger partial charge in [0, 0.05) is 35.3 Å². The van der Waals surface area contributed by atoms with E-state index in [0.717, 1.165) is 47.5 Å². The Hall–Kier alpha value is -3.10. The van der Waals surface area contributed by atoms with Crippen molar-refractivity contribution in [3.63, 3.8) is 0 Å². The Balaban J connectivity index is 1.56. The van der Waals surface area contributed by atoms with E-state index in [9.17, 15) is 4.79 Å². The van der Waals surface area contributed by atoms with Crippen LogP contribution in [-0.4, -0.2) is 48.0 Å². The molecule has 2 aromatic carbocycles. The van der Waals surface area contributed by atoms with Crippen LogP contribution in [0.5, 0.6) is 11.5 Å². The van der Waals surface area contributed by atoms with Crippen molar-refractivity contribution >= 4 is 33.9 Å². The van der Waals surface area contributed by atoms with Crippen molar-refractivity contribution in [3.8, 4) is 11.5 Å². The molecule has 1 aliphatic rings. The zero-order valence-electron chi connectivity index (χ0n) is 18.9. The van der Waals surface area contributed by atoms with Gasteiger partial charge in [-0.25, -0.2) is 0 Å². The first-order chi connectivity index (χ1) is 16.1. The largest absolute Gasteiger partial charge is 0.497 e. The molecule has 4 rings (SSSR count). The maximum Gasteiger partial charge on any atom is 0.253 e. The number of rotatable bonds is 8. The molecule has 33 heavy (non-hydrogen) atoms. The summed E-state index contributed by atoms with van der Waals surface area (Å²) in [5, 5.41) is 4.74. The average molecular weight is 468 g/mol. The molecule has 7 nitrogen and oxygen atoms in total. The minimum atomic E-state index is -0.131. The number of methoxy groups -OCH3 is 1. The molecule has 0 spiro atoms. The Bertz CT molecular complexity index is 1160. The first kappa shape index (κ1) is 23.1. The molecule has 0 radical (unpaired) electrons. The Morgan fingerprint density at radius 2 is 2.00 bits per heavy atom. The van der Waals surface area contributed by atoms with E-state index in [0.29, 0.717) is 30.4 Å². The molecule has 174 valence electrons. The number of aromatic nitrogens is 1. The van der Waals surface area contributed by atoms with Gasteiger partial charge in [0.25, 0.3) is 5.56 Å². The van der Waals surface area contributed by atoms with Crippen LogP contribution in [-0.2, 0) is 11.3 Å². The van der Waals surface area contributed by atoms with E-state index < -0.39 is 0 Å². The van der Waals surface area contributed by atoms with Crippen molar-refractivity contribution in [2.75, 3.05) is 32.2 Å². The predicted octanol–water partition coefficient (Wildman–Crippen LogP) is 4.31. The molecule has 3 aromatic rings. The SMILES string of the molecule is CCOc1ccc(NC(=S)N(Cc2cc3cc(OC)ccc3[nH]c2=O)CC2CCCO2)cc1. The molecule has 1 aromatic heterocycles. The fourth-order valence-electron chi connectivity index (χ4n) is 3.94. The van der Waals surface area contributed by atoms with Crippen molar-refractivity contribution in [1.82, 2.24) is 9.88 Å². The summed E-state index contributed by atoms with van der Waals surface area (Å²) >= 11 is 5.75. The highest BCUT2D eigenvalue weighted by Crippen LogP contribution is 2.21. The van der Waals surface area contributed by atoms with Gasteiger partial charge in [0.15, 0.2) is 5.11 Å². The lowest BCUT2D eigenvalue weighted by Crippen LogP contribution is -2.40. The van der Waals surface area contributed by atoms with E-state index in [2.05, 4.69) is 10.3 Å². The van der Waals surface area contributed by atoms with Crippen molar-refractivity contribution < 1.29 is 14.2 Å². The number of hydrogen-bond donors (Lipinski definition) is 2. The third-order valence-corrected chi connectivity index (χ3v) is 6.00. The first-order valence-electron chi connectivity index (χ1n) is 11.2. The van der Waals surface area contributed by atoms with Gasteiger partial charge in [0.05, 0.1) is 26.4 Å². The number of fused-ring (bicyclic) bond motifs is 1. The van der Waals surface area contributed by atoms with Crippen molar-refractivity contribution in [1.29, 1.82) is 0 Å². The van der Waals surface area contributed by atoms with Crippen LogP contribution in [0.4, 0.5) is 5.69 Å². The predicted molar refractivity (Wildman–Crippen MR) is 134 cm³/mol. The summed E-state index contributed by atoms with van der Waals surface area (Å²) in [4.78, 5) is 17.8. The van der Waals surface area contributed by atoms with Gasteiger partial charge >= 0.3 is 0 Å². The first-order valence-corrected chi connectivity index (χ1v) is 11.6.